The number of halogens is 1. The van der Waals surface area contributed by atoms with Crippen molar-refractivity contribution in [3.8, 4) is 0 Å². The number of fused-ring (bicyclic) bond motifs is 2. The van der Waals surface area contributed by atoms with Crippen LogP contribution in [-0.4, -0.2) is 102 Å². The molecular formula is C35H45ClN6O4. The first-order valence-corrected chi connectivity index (χ1v) is 16.6. The van der Waals surface area contributed by atoms with E-state index in [2.05, 4.69) is 22.0 Å². The Morgan fingerprint density at radius 2 is 1.89 bits per heavy atom. The number of amides is 2. The predicted octanol–water partition coefficient (Wildman–Crippen LogP) is 3.40. The molecule has 4 atom stereocenters. The van der Waals surface area contributed by atoms with Gasteiger partial charge in [-0.3, -0.25) is 19.5 Å². The SMILES string of the molecule is Cc1cn(CC2(O)CCCN(C(=O)[C@H]3CN([C@@H]4c5ccc(Cl)cc5CCc5cccnc54)CCN3C(=O)C(O)C(C)(C)C)C2)cn1. The van der Waals surface area contributed by atoms with E-state index < -0.39 is 29.1 Å². The molecule has 2 aromatic heterocycles. The van der Waals surface area contributed by atoms with Crippen molar-refractivity contribution in [2.45, 2.75) is 83.7 Å². The summed E-state index contributed by atoms with van der Waals surface area (Å²) in [6.07, 6.45) is 6.98. The summed E-state index contributed by atoms with van der Waals surface area (Å²) in [6.45, 7) is 9.36. The van der Waals surface area contributed by atoms with Gasteiger partial charge >= 0.3 is 0 Å². The van der Waals surface area contributed by atoms with E-state index >= 15 is 0 Å². The number of aliphatic hydroxyl groups excluding tert-OH is 1. The number of β-amino-alcohol motifs (C(OH)–C–C–N with tert-alkyl or cyclic N) is 1. The Bertz CT molecular complexity index is 1600. The zero-order chi connectivity index (χ0) is 32.8. The second-order valence-corrected chi connectivity index (χ2v) is 14.8. The largest absolute Gasteiger partial charge is 0.386 e. The lowest BCUT2D eigenvalue weighted by molar-refractivity contribution is -0.161. The zero-order valence-corrected chi connectivity index (χ0v) is 28.0. The molecule has 1 aromatic carbocycles. The lowest BCUT2D eigenvalue weighted by Gasteiger charge is -2.48. The number of nitrogens with zero attached hydrogens (tertiary/aromatic N) is 6. The molecule has 3 aliphatic rings. The Labute approximate surface area is 276 Å². The fourth-order valence-electron chi connectivity index (χ4n) is 7.33. The molecule has 46 heavy (non-hydrogen) atoms. The van der Waals surface area contributed by atoms with Gasteiger partial charge in [0.15, 0.2) is 0 Å². The lowest BCUT2D eigenvalue weighted by atomic mass is 9.87. The molecule has 6 rings (SSSR count). The normalized spacial score (nSPS) is 24.6. The molecule has 4 heterocycles. The van der Waals surface area contributed by atoms with Crippen LogP contribution in [0.2, 0.25) is 5.02 Å². The van der Waals surface area contributed by atoms with Gasteiger partial charge in [0, 0.05) is 43.6 Å². The average Bonchev–Trinajstić information content (AvgIpc) is 3.35. The summed E-state index contributed by atoms with van der Waals surface area (Å²) in [7, 11) is 0. The van der Waals surface area contributed by atoms with Gasteiger partial charge in [0.2, 0.25) is 5.91 Å². The molecule has 0 saturated carbocycles. The van der Waals surface area contributed by atoms with Gasteiger partial charge in [0.1, 0.15) is 17.7 Å². The molecule has 11 heteroatoms. The summed E-state index contributed by atoms with van der Waals surface area (Å²) in [5, 5.41) is 23.4. The summed E-state index contributed by atoms with van der Waals surface area (Å²) >= 11 is 6.45. The van der Waals surface area contributed by atoms with Crippen molar-refractivity contribution in [2.24, 2.45) is 5.41 Å². The minimum absolute atomic E-state index is 0.151. The van der Waals surface area contributed by atoms with Crippen LogP contribution in [0.15, 0.2) is 49.1 Å². The fraction of sp³-hybridized carbons (Fsp3) is 0.543. The molecule has 246 valence electrons. The Hall–Kier alpha value is -3.31. The van der Waals surface area contributed by atoms with Crippen LogP contribution in [0.5, 0.6) is 0 Å². The number of imidazole rings is 1. The number of hydrogen-bond donors (Lipinski definition) is 2. The predicted molar refractivity (Wildman–Crippen MR) is 175 cm³/mol. The summed E-state index contributed by atoms with van der Waals surface area (Å²) in [5.41, 5.74) is 3.39. The van der Waals surface area contributed by atoms with Crippen molar-refractivity contribution in [1.29, 1.82) is 0 Å². The van der Waals surface area contributed by atoms with Crippen LogP contribution in [0.1, 0.15) is 67.7 Å². The van der Waals surface area contributed by atoms with E-state index in [1.807, 2.05) is 62.9 Å². The number of rotatable bonds is 5. The number of piperazine rings is 1. The van der Waals surface area contributed by atoms with Crippen LogP contribution >= 0.6 is 11.6 Å². The molecule has 2 amide bonds. The van der Waals surface area contributed by atoms with Crippen LogP contribution in [0.3, 0.4) is 0 Å². The number of aryl methyl sites for hydroxylation is 3. The number of carbonyl (C=O) groups is 2. The molecule has 2 fully saturated rings. The smallest absolute Gasteiger partial charge is 0.252 e. The quantitative estimate of drug-likeness (QED) is 0.436. The van der Waals surface area contributed by atoms with E-state index in [0.717, 1.165) is 40.9 Å². The first kappa shape index (κ1) is 32.6. The van der Waals surface area contributed by atoms with E-state index in [1.54, 1.807) is 16.1 Å². The number of hydrogen-bond acceptors (Lipinski definition) is 7. The van der Waals surface area contributed by atoms with Crippen LogP contribution in [0.4, 0.5) is 0 Å². The third kappa shape index (κ3) is 6.58. The van der Waals surface area contributed by atoms with Gasteiger partial charge < -0.3 is 24.6 Å². The third-order valence-electron chi connectivity index (χ3n) is 9.75. The summed E-state index contributed by atoms with van der Waals surface area (Å²) in [6, 6.07) is 8.98. The molecule has 2 saturated heterocycles. The van der Waals surface area contributed by atoms with Gasteiger partial charge in [0.05, 0.1) is 36.8 Å². The molecule has 2 aliphatic heterocycles. The summed E-state index contributed by atoms with van der Waals surface area (Å²) < 4.78 is 1.86. The monoisotopic (exact) mass is 648 g/mol. The number of aromatic nitrogens is 3. The molecule has 1 aliphatic carbocycles. The highest BCUT2D eigenvalue weighted by atomic mass is 35.5. The molecular weight excluding hydrogens is 604 g/mol. The van der Waals surface area contributed by atoms with Crippen LogP contribution < -0.4 is 0 Å². The van der Waals surface area contributed by atoms with E-state index in [-0.39, 0.29) is 31.6 Å². The highest BCUT2D eigenvalue weighted by Crippen LogP contribution is 2.38. The topological polar surface area (TPSA) is 115 Å². The summed E-state index contributed by atoms with van der Waals surface area (Å²) in [5.74, 6) is -0.663. The van der Waals surface area contributed by atoms with Gasteiger partial charge in [-0.2, -0.15) is 0 Å². The Morgan fingerprint density at radius 1 is 1.11 bits per heavy atom. The highest BCUT2D eigenvalue weighted by molar-refractivity contribution is 6.30. The molecule has 10 nitrogen and oxygen atoms in total. The van der Waals surface area contributed by atoms with E-state index in [9.17, 15) is 19.8 Å². The highest BCUT2D eigenvalue weighted by Gasteiger charge is 2.46. The van der Waals surface area contributed by atoms with Crippen LogP contribution in [-0.2, 0) is 29.0 Å². The van der Waals surface area contributed by atoms with E-state index in [4.69, 9.17) is 16.6 Å². The number of likely N-dealkylation sites (tertiary alicyclic amines) is 1. The van der Waals surface area contributed by atoms with Gasteiger partial charge in [-0.05, 0) is 72.9 Å². The van der Waals surface area contributed by atoms with Crippen LogP contribution in [0, 0.1) is 12.3 Å². The number of piperidine rings is 1. The summed E-state index contributed by atoms with van der Waals surface area (Å²) in [4.78, 5) is 43.1. The van der Waals surface area contributed by atoms with Gasteiger partial charge in [-0.25, -0.2) is 4.98 Å². The van der Waals surface area contributed by atoms with Crippen molar-refractivity contribution in [2.75, 3.05) is 32.7 Å². The molecule has 2 N–H and O–H groups in total. The Kier molecular flexibility index (Phi) is 9.02. The van der Waals surface area contributed by atoms with Gasteiger partial charge in [-0.15, -0.1) is 0 Å². The van der Waals surface area contributed by atoms with Crippen molar-refractivity contribution in [1.82, 2.24) is 29.2 Å². The average molecular weight is 649 g/mol. The standard InChI is InChI=1S/C35H45ClN6O4/c1-23-18-39(22-38-23)20-35(46)12-6-14-41(21-35)32(44)28-19-40(15-16-42(28)33(45)31(43)34(2,3)4)30-27-11-10-26(36)17-25(27)9-8-24-7-5-13-37-29(24)30/h5,7,10-11,13,17-18,22,28,30-31,43,46H,6,8-9,12,14-16,19-21H2,1-4H3/t28-,30-,31?,35?/m1/s1. The molecule has 2 unspecified atom stereocenters. The number of aliphatic hydroxyl groups is 2. The second-order valence-electron chi connectivity index (χ2n) is 14.4. The maximum Gasteiger partial charge on any atom is 0.252 e. The number of benzene rings is 1. The minimum atomic E-state index is -1.26. The Balaban J connectivity index is 1.34. The van der Waals surface area contributed by atoms with Crippen molar-refractivity contribution in [3.63, 3.8) is 0 Å². The van der Waals surface area contributed by atoms with Gasteiger partial charge in [0.25, 0.3) is 5.91 Å². The molecule has 0 spiro atoms. The van der Waals surface area contributed by atoms with Crippen molar-refractivity contribution < 1.29 is 19.8 Å². The first-order chi connectivity index (χ1) is 21.8. The maximum atomic E-state index is 14.6. The van der Waals surface area contributed by atoms with E-state index in [0.29, 0.717) is 37.5 Å². The first-order valence-electron chi connectivity index (χ1n) is 16.3. The Morgan fingerprint density at radius 3 is 2.63 bits per heavy atom. The minimum Gasteiger partial charge on any atom is -0.386 e. The van der Waals surface area contributed by atoms with E-state index in [1.165, 1.54) is 0 Å². The van der Waals surface area contributed by atoms with Crippen molar-refractivity contribution >= 4 is 23.4 Å². The number of carbonyl (C=O) groups excluding carboxylic acids is 2. The molecule has 3 aromatic rings. The molecule has 0 bridgehead atoms. The zero-order valence-electron chi connectivity index (χ0n) is 27.2. The molecule has 0 radical (unpaired) electrons. The van der Waals surface area contributed by atoms with Gasteiger partial charge in [-0.1, -0.05) is 44.5 Å². The van der Waals surface area contributed by atoms with Crippen molar-refractivity contribution in [3.05, 3.63) is 82.2 Å². The maximum absolute atomic E-state index is 14.6. The van der Waals surface area contributed by atoms with Crippen LogP contribution in [0.25, 0.3) is 0 Å². The third-order valence-corrected chi connectivity index (χ3v) is 9.99. The number of pyridine rings is 1. The second kappa shape index (κ2) is 12.7. The lowest BCUT2D eigenvalue weighted by Crippen LogP contribution is -2.65. The fourth-order valence-corrected chi connectivity index (χ4v) is 7.53.